The molecule has 2 rings (SSSR count). The summed E-state index contributed by atoms with van der Waals surface area (Å²) in [5.74, 6) is -0.348. The molecule has 0 radical (unpaired) electrons. The van der Waals surface area contributed by atoms with E-state index in [1.165, 1.54) is 18.1 Å². The second-order valence-corrected chi connectivity index (χ2v) is 6.87. The molecule has 1 aliphatic heterocycles. The molecule has 1 atom stereocenters. The first-order chi connectivity index (χ1) is 11.4. The fourth-order valence-corrected chi connectivity index (χ4v) is 3.19. The predicted octanol–water partition coefficient (Wildman–Crippen LogP) is 2.27. The van der Waals surface area contributed by atoms with Crippen molar-refractivity contribution in [1.82, 2.24) is 10.2 Å². The topological polar surface area (TPSA) is 75.7 Å². The molecule has 0 unspecified atom stereocenters. The number of amides is 3. The summed E-state index contributed by atoms with van der Waals surface area (Å²) in [5.41, 5.74) is 2.45. The molecule has 1 fully saturated rings. The molecule has 7 heteroatoms. The molecule has 24 heavy (non-hydrogen) atoms. The number of hydrogen-bond acceptors (Lipinski definition) is 5. The number of rotatable bonds is 6. The van der Waals surface area contributed by atoms with Crippen molar-refractivity contribution in [2.24, 2.45) is 0 Å². The lowest BCUT2D eigenvalue weighted by Gasteiger charge is -2.18. The van der Waals surface area contributed by atoms with Gasteiger partial charge < -0.3 is 10.1 Å². The van der Waals surface area contributed by atoms with Crippen molar-refractivity contribution >= 4 is 29.7 Å². The van der Waals surface area contributed by atoms with E-state index in [2.05, 4.69) is 31.3 Å². The SMILES string of the molecule is Cc1ccc(SCCC(=O)O[C@H](C)C(=O)N2CCNC2=O)cc1C. The van der Waals surface area contributed by atoms with Gasteiger partial charge in [-0.15, -0.1) is 11.8 Å². The van der Waals surface area contributed by atoms with E-state index in [-0.39, 0.29) is 6.42 Å². The Balaban J connectivity index is 1.75. The molecule has 1 saturated heterocycles. The Morgan fingerprint density at radius 3 is 2.71 bits per heavy atom. The molecular weight excluding hydrogens is 328 g/mol. The molecular formula is C17H22N2O4S. The summed E-state index contributed by atoms with van der Waals surface area (Å²) in [5, 5.41) is 2.54. The highest BCUT2D eigenvalue weighted by Gasteiger charge is 2.31. The molecule has 1 aliphatic rings. The van der Waals surface area contributed by atoms with Gasteiger partial charge >= 0.3 is 12.0 Å². The summed E-state index contributed by atoms with van der Waals surface area (Å²) in [6, 6.07) is 5.73. The number of aryl methyl sites for hydroxylation is 2. The summed E-state index contributed by atoms with van der Waals surface area (Å²) < 4.78 is 5.13. The van der Waals surface area contributed by atoms with Crippen LogP contribution in [0.4, 0.5) is 4.79 Å². The van der Waals surface area contributed by atoms with Crippen molar-refractivity contribution < 1.29 is 19.1 Å². The molecule has 130 valence electrons. The van der Waals surface area contributed by atoms with Crippen LogP contribution in [0.15, 0.2) is 23.1 Å². The van der Waals surface area contributed by atoms with Gasteiger partial charge in [0.2, 0.25) is 0 Å². The average Bonchev–Trinajstić information content (AvgIpc) is 2.96. The molecule has 0 aliphatic carbocycles. The molecule has 0 saturated carbocycles. The van der Waals surface area contributed by atoms with Crippen molar-refractivity contribution in [2.75, 3.05) is 18.8 Å². The van der Waals surface area contributed by atoms with Crippen LogP contribution >= 0.6 is 11.8 Å². The van der Waals surface area contributed by atoms with E-state index >= 15 is 0 Å². The van der Waals surface area contributed by atoms with Crippen molar-refractivity contribution in [2.45, 2.75) is 38.2 Å². The van der Waals surface area contributed by atoms with Crippen LogP contribution in [0.25, 0.3) is 0 Å². The second kappa shape index (κ2) is 8.19. The maximum absolute atomic E-state index is 12.0. The Bertz CT molecular complexity index is 647. The summed E-state index contributed by atoms with van der Waals surface area (Å²) in [6.45, 7) is 6.33. The molecule has 0 aromatic heterocycles. The fraction of sp³-hybridized carbons (Fsp3) is 0.471. The molecule has 6 nitrogen and oxygen atoms in total. The lowest BCUT2D eigenvalue weighted by Crippen LogP contribution is -2.41. The number of benzene rings is 1. The number of ether oxygens (including phenoxy) is 1. The van der Waals surface area contributed by atoms with Crippen molar-refractivity contribution in [1.29, 1.82) is 0 Å². The monoisotopic (exact) mass is 350 g/mol. The number of carbonyl (C=O) groups is 3. The van der Waals surface area contributed by atoms with Crippen LogP contribution in [-0.4, -0.2) is 47.8 Å². The number of nitrogens with zero attached hydrogens (tertiary/aromatic N) is 1. The molecule has 1 aromatic rings. The Morgan fingerprint density at radius 2 is 2.08 bits per heavy atom. The van der Waals surface area contributed by atoms with Gasteiger partial charge in [-0.3, -0.25) is 14.5 Å². The molecule has 3 amide bonds. The molecule has 1 N–H and O–H groups in total. The minimum absolute atomic E-state index is 0.210. The van der Waals surface area contributed by atoms with Crippen LogP contribution in [0.1, 0.15) is 24.5 Å². The van der Waals surface area contributed by atoms with Gasteiger partial charge in [-0.05, 0) is 44.0 Å². The minimum Gasteiger partial charge on any atom is -0.452 e. The summed E-state index contributed by atoms with van der Waals surface area (Å²) in [4.78, 5) is 37.5. The number of hydrogen-bond donors (Lipinski definition) is 1. The highest BCUT2D eigenvalue weighted by Crippen LogP contribution is 2.22. The maximum atomic E-state index is 12.0. The number of nitrogens with one attached hydrogen (secondary N) is 1. The third-order valence-electron chi connectivity index (χ3n) is 3.83. The smallest absolute Gasteiger partial charge is 0.324 e. The Hall–Kier alpha value is -2.02. The number of urea groups is 1. The lowest BCUT2D eigenvalue weighted by molar-refractivity contribution is -0.157. The van der Waals surface area contributed by atoms with Gasteiger partial charge in [0.15, 0.2) is 6.10 Å². The van der Waals surface area contributed by atoms with E-state index in [0.717, 1.165) is 9.80 Å². The zero-order valence-electron chi connectivity index (χ0n) is 14.1. The average molecular weight is 350 g/mol. The standard InChI is InChI=1S/C17H22N2O4S/c1-11-4-5-14(10-12(11)2)24-9-6-15(20)23-13(3)16(21)19-8-7-18-17(19)22/h4-5,10,13H,6-9H2,1-3H3,(H,18,22)/t13-/m1/s1. The highest BCUT2D eigenvalue weighted by molar-refractivity contribution is 7.99. The van der Waals surface area contributed by atoms with Gasteiger partial charge in [-0.2, -0.15) is 0 Å². The van der Waals surface area contributed by atoms with Crippen LogP contribution in [0.5, 0.6) is 0 Å². The molecule has 0 spiro atoms. The van der Waals surface area contributed by atoms with Crippen LogP contribution in [0.2, 0.25) is 0 Å². The first-order valence-electron chi connectivity index (χ1n) is 7.87. The van der Waals surface area contributed by atoms with Crippen molar-refractivity contribution in [3.8, 4) is 0 Å². The van der Waals surface area contributed by atoms with Gasteiger partial charge in [0.05, 0.1) is 6.42 Å². The van der Waals surface area contributed by atoms with Crippen LogP contribution in [-0.2, 0) is 14.3 Å². The minimum atomic E-state index is -0.951. The Morgan fingerprint density at radius 1 is 1.33 bits per heavy atom. The van der Waals surface area contributed by atoms with E-state index in [1.54, 1.807) is 11.8 Å². The zero-order chi connectivity index (χ0) is 17.7. The third kappa shape index (κ3) is 4.74. The summed E-state index contributed by atoms with van der Waals surface area (Å²) in [7, 11) is 0. The predicted molar refractivity (Wildman–Crippen MR) is 91.9 cm³/mol. The normalized spacial score (nSPS) is 15.1. The van der Waals surface area contributed by atoms with Crippen molar-refractivity contribution in [3.05, 3.63) is 29.3 Å². The number of imide groups is 1. The van der Waals surface area contributed by atoms with E-state index in [4.69, 9.17) is 4.74 Å². The van der Waals surface area contributed by atoms with Gasteiger partial charge in [0.25, 0.3) is 5.91 Å². The van der Waals surface area contributed by atoms with Crippen LogP contribution in [0, 0.1) is 13.8 Å². The van der Waals surface area contributed by atoms with E-state index in [0.29, 0.717) is 18.8 Å². The lowest BCUT2D eigenvalue weighted by atomic mass is 10.1. The van der Waals surface area contributed by atoms with E-state index < -0.39 is 24.0 Å². The Kier molecular flexibility index (Phi) is 6.25. The van der Waals surface area contributed by atoms with E-state index in [1.807, 2.05) is 6.07 Å². The van der Waals surface area contributed by atoms with Gasteiger partial charge in [-0.1, -0.05) is 6.07 Å². The third-order valence-corrected chi connectivity index (χ3v) is 4.83. The first kappa shape index (κ1) is 18.3. The van der Waals surface area contributed by atoms with Gasteiger partial charge in [0, 0.05) is 23.7 Å². The van der Waals surface area contributed by atoms with Crippen LogP contribution in [0.3, 0.4) is 0 Å². The molecule has 0 bridgehead atoms. The highest BCUT2D eigenvalue weighted by atomic mass is 32.2. The largest absolute Gasteiger partial charge is 0.452 e. The first-order valence-corrected chi connectivity index (χ1v) is 8.86. The zero-order valence-corrected chi connectivity index (χ0v) is 14.9. The number of thioether (sulfide) groups is 1. The van der Waals surface area contributed by atoms with Crippen molar-refractivity contribution in [3.63, 3.8) is 0 Å². The number of carbonyl (C=O) groups excluding carboxylic acids is 3. The van der Waals surface area contributed by atoms with E-state index in [9.17, 15) is 14.4 Å². The maximum Gasteiger partial charge on any atom is 0.324 e. The summed E-state index contributed by atoms with van der Waals surface area (Å²) in [6.07, 6.45) is -0.741. The van der Waals surface area contributed by atoms with Gasteiger partial charge in [-0.25, -0.2) is 4.79 Å². The van der Waals surface area contributed by atoms with Crippen LogP contribution < -0.4 is 5.32 Å². The summed E-state index contributed by atoms with van der Waals surface area (Å²) >= 11 is 1.57. The number of esters is 1. The molecule has 1 heterocycles. The quantitative estimate of drug-likeness (QED) is 0.629. The van der Waals surface area contributed by atoms with Gasteiger partial charge in [0.1, 0.15) is 0 Å². The molecule has 1 aromatic carbocycles. The fourth-order valence-electron chi connectivity index (χ4n) is 2.26. The Labute approximate surface area is 145 Å². The second-order valence-electron chi connectivity index (χ2n) is 5.70.